The molecule has 0 aromatic heterocycles. The Labute approximate surface area is 139 Å². The van der Waals surface area contributed by atoms with E-state index in [1.807, 2.05) is 13.8 Å². The molecule has 6 nitrogen and oxygen atoms in total. The SMILES string of the molecule is CC(C)CC(NS(=O)(=O)c1cc(N(C)C)ccc1Br)C(=O)O. The third-order valence-corrected chi connectivity index (χ3v) is 5.49. The van der Waals surface area contributed by atoms with Gasteiger partial charge in [0, 0.05) is 24.3 Å². The quantitative estimate of drug-likeness (QED) is 0.743. The molecule has 124 valence electrons. The van der Waals surface area contributed by atoms with Crippen molar-refractivity contribution in [1.29, 1.82) is 0 Å². The smallest absolute Gasteiger partial charge is 0.321 e. The van der Waals surface area contributed by atoms with Crippen molar-refractivity contribution in [1.82, 2.24) is 4.72 Å². The van der Waals surface area contributed by atoms with E-state index in [1.165, 1.54) is 6.07 Å². The minimum absolute atomic E-state index is 0.0220. The fourth-order valence-electron chi connectivity index (χ4n) is 1.90. The molecule has 0 aliphatic carbocycles. The largest absolute Gasteiger partial charge is 0.480 e. The summed E-state index contributed by atoms with van der Waals surface area (Å²) in [5.41, 5.74) is 0.708. The van der Waals surface area contributed by atoms with Crippen molar-refractivity contribution >= 4 is 37.6 Å². The summed E-state index contributed by atoms with van der Waals surface area (Å²) >= 11 is 3.21. The van der Waals surface area contributed by atoms with Gasteiger partial charge in [-0.25, -0.2) is 8.42 Å². The van der Waals surface area contributed by atoms with Crippen LogP contribution in [-0.4, -0.2) is 39.6 Å². The van der Waals surface area contributed by atoms with Crippen LogP contribution in [0.25, 0.3) is 0 Å². The van der Waals surface area contributed by atoms with Gasteiger partial charge < -0.3 is 10.0 Å². The van der Waals surface area contributed by atoms with Gasteiger partial charge in [0.2, 0.25) is 10.0 Å². The van der Waals surface area contributed by atoms with Gasteiger partial charge in [-0.1, -0.05) is 13.8 Å². The molecule has 0 aliphatic rings. The van der Waals surface area contributed by atoms with Gasteiger partial charge in [-0.15, -0.1) is 0 Å². The highest BCUT2D eigenvalue weighted by atomic mass is 79.9. The Balaban J connectivity index is 3.18. The first kappa shape index (κ1) is 18.9. The van der Waals surface area contributed by atoms with E-state index < -0.39 is 22.0 Å². The number of nitrogens with one attached hydrogen (secondary N) is 1. The van der Waals surface area contributed by atoms with Crippen molar-refractivity contribution < 1.29 is 18.3 Å². The van der Waals surface area contributed by atoms with Crippen molar-refractivity contribution in [2.75, 3.05) is 19.0 Å². The standard InChI is InChI=1S/C14H21BrN2O4S/c1-9(2)7-12(14(18)19)16-22(20,21)13-8-10(17(3)4)5-6-11(13)15/h5-6,8-9,12,16H,7H2,1-4H3,(H,18,19). The van der Waals surface area contributed by atoms with Crippen molar-refractivity contribution in [2.45, 2.75) is 31.2 Å². The number of anilines is 1. The number of halogens is 1. The number of sulfonamides is 1. The van der Waals surface area contributed by atoms with Crippen LogP contribution < -0.4 is 9.62 Å². The Morgan fingerprint density at radius 3 is 2.41 bits per heavy atom. The van der Waals surface area contributed by atoms with E-state index in [9.17, 15) is 18.3 Å². The van der Waals surface area contributed by atoms with Gasteiger partial charge in [0.15, 0.2) is 0 Å². The van der Waals surface area contributed by atoms with E-state index in [0.29, 0.717) is 10.2 Å². The molecule has 0 bridgehead atoms. The summed E-state index contributed by atoms with van der Waals surface area (Å²) in [6.07, 6.45) is 0.222. The average molecular weight is 393 g/mol. The van der Waals surface area contributed by atoms with E-state index >= 15 is 0 Å². The fraction of sp³-hybridized carbons (Fsp3) is 0.500. The van der Waals surface area contributed by atoms with Gasteiger partial charge in [0.05, 0.1) is 4.90 Å². The molecule has 1 aromatic carbocycles. The van der Waals surface area contributed by atoms with Crippen LogP contribution in [0.4, 0.5) is 5.69 Å². The molecule has 0 saturated heterocycles. The maximum absolute atomic E-state index is 12.5. The Hall–Kier alpha value is -1.12. The van der Waals surface area contributed by atoms with Crippen LogP contribution in [0.5, 0.6) is 0 Å². The van der Waals surface area contributed by atoms with E-state index in [2.05, 4.69) is 20.7 Å². The van der Waals surface area contributed by atoms with Gasteiger partial charge in [0.25, 0.3) is 0 Å². The third-order valence-electron chi connectivity index (χ3n) is 3.02. The maximum atomic E-state index is 12.5. The van der Waals surface area contributed by atoms with Crippen molar-refractivity contribution in [3.8, 4) is 0 Å². The number of hydrogen-bond donors (Lipinski definition) is 2. The number of rotatable bonds is 7. The molecule has 1 unspecified atom stereocenters. The zero-order valence-corrected chi connectivity index (χ0v) is 15.4. The second-order valence-corrected chi connectivity index (χ2v) is 8.19. The summed E-state index contributed by atoms with van der Waals surface area (Å²) in [6, 6.07) is 3.74. The minimum Gasteiger partial charge on any atom is -0.480 e. The van der Waals surface area contributed by atoms with Gasteiger partial charge in [-0.05, 0) is 46.5 Å². The van der Waals surface area contributed by atoms with Crippen LogP contribution in [0, 0.1) is 5.92 Å². The van der Waals surface area contributed by atoms with Crippen LogP contribution in [0.1, 0.15) is 20.3 Å². The summed E-state index contributed by atoms with van der Waals surface area (Å²) in [5.74, 6) is -1.13. The Morgan fingerprint density at radius 1 is 1.36 bits per heavy atom. The summed E-state index contributed by atoms with van der Waals surface area (Å²) in [7, 11) is -0.346. The summed E-state index contributed by atoms with van der Waals surface area (Å²) in [5, 5.41) is 9.20. The zero-order chi connectivity index (χ0) is 17.1. The van der Waals surface area contributed by atoms with Gasteiger partial charge in [-0.2, -0.15) is 4.72 Å². The van der Waals surface area contributed by atoms with E-state index in [1.54, 1.807) is 31.1 Å². The predicted octanol–water partition coefficient (Wildman–Crippen LogP) is 2.29. The van der Waals surface area contributed by atoms with Crippen LogP contribution in [0.2, 0.25) is 0 Å². The van der Waals surface area contributed by atoms with E-state index in [4.69, 9.17) is 0 Å². The molecule has 0 spiro atoms. The lowest BCUT2D eigenvalue weighted by molar-refractivity contribution is -0.139. The fourth-order valence-corrected chi connectivity index (χ4v) is 4.08. The molecule has 0 heterocycles. The molecule has 0 saturated carbocycles. The maximum Gasteiger partial charge on any atom is 0.321 e. The topological polar surface area (TPSA) is 86.7 Å². The van der Waals surface area contributed by atoms with Gasteiger partial charge >= 0.3 is 5.97 Å². The number of carbonyl (C=O) groups is 1. The number of aliphatic carboxylic acids is 1. The molecule has 8 heteroatoms. The molecule has 1 aromatic rings. The first-order valence-electron chi connectivity index (χ1n) is 6.76. The Morgan fingerprint density at radius 2 is 1.95 bits per heavy atom. The molecule has 0 aliphatic heterocycles. The molecule has 22 heavy (non-hydrogen) atoms. The summed E-state index contributed by atoms with van der Waals surface area (Å²) in [4.78, 5) is 13.1. The second kappa shape index (κ2) is 7.43. The lowest BCUT2D eigenvalue weighted by atomic mass is 10.1. The molecule has 2 N–H and O–H groups in total. The van der Waals surface area contributed by atoms with Crippen molar-refractivity contribution in [3.05, 3.63) is 22.7 Å². The summed E-state index contributed by atoms with van der Waals surface area (Å²) in [6.45, 7) is 3.68. The Kier molecular flexibility index (Phi) is 6.39. The molecule has 0 radical (unpaired) electrons. The molecule has 0 fully saturated rings. The predicted molar refractivity (Wildman–Crippen MR) is 89.7 cm³/mol. The van der Waals surface area contributed by atoms with E-state index in [0.717, 1.165) is 0 Å². The highest BCUT2D eigenvalue weighted by Crippen LogP contribution is 2.27. The lowest BCUT2D eigenvalue weighted by Crippen LogP contribution is -2.41. The van der Waals surface area contributed by atoms with Crippen LogP contribution in [0.3, 0.4) is 0 Å². The minimum atomic E-state index is -3.94. The number of nitrogens with zero attached hydrogens (tertiary/aromatic N) is 1. The number of benzene rings is 1. The first-order chi connectivity index (χ1) is 10.0. The van der Waals surface area contributed by atoms with Crippen molar-refractivity contribution in [2.24, 2.45) is 5.92 Å². The summed E-state index contributed by atoms with van der Waals surface area (Å²) < 4.78 is 27.7. The van der Waals surface area contributed by atoms with Gasteiger partial charge in [0.1, 0.15) is 6.04 Å². The molecule has 0 amide bonds. The molecular formula is C14H21BrN2O4S. The number of carboxylic acid groups (broad SMARTS) is 1. The lowest BCUT2D eigenvalue weighted by Gasteiger charge is -2.19. The highest BCUT2D eigenvalue weighted by molar-refractivity contribution is 9.10. The third kappa shape index (κ3) is 4.96. The highest BCUT2D eigenvalue weighted by Gasteiger charge is 2.27. The van der Waals surface area contributed by atoms with Crippen molar-refractivity contribution in [3.63, 3.8) is 0 Å². The number of hydrogen-bond acceptors (Lipinski definition) is 4. The molecular weight excluding hydrogens is 372 g/mol. The number of carboxylic acids is 1. The van der Waals surface area contributed by atoms with Gasteiger partial charge in [-0.3, -0.25) is 4.79 Å². The van der Waals surface area contributed by atoms with Crippen LogP contribution >= 0.6 is 15.9 Å². The second-order valence-electron chi connectivity index (χ2n) is 5.65. The molecule has 1 atom stereocenters. The van der Waals surface area contributed by atoms with E-state index in [-0.39, 0.29) is 17.2 Å². The average Bonchev–Trinajstić information content (AvgIpc) is 2.36. The van der Waals surface area contributed by atoms with Crippen LogP contribution in [-0.2, 0) is 14.8 Å². The molecule has 1 rings (SSSR count). The monoisotopic (exact) mass is 392 g/mol. The Bertz CT molecular complexity index is 644. The zero-order valence-electron chi connectivity index (χ0n) is 13.0. The van der Waals surface area contributed by atoms with Crippen LogP contribution in [0.15, 0.2) is 27.6 Å². The first-order valence-corrected chi connectivity index (χ1v) is 9.04. The normalized spacial score (nSPS) is 13.2.